The first-order chi connectivity index (χ1) is 6.61. The molecule has 0 aliphatic carbocycles. The summed E-state index contributed by atoms with van der Waals surface area (Å²) in [6.45, 7) is 3.15. The normalized spacial score (nSPS) is 10.6. The van der Waals surface area contributed by atoms with Gasteiger partial charge in [0, 0.05) is 13.1 Å². The quantitative estimate of drug-likeness (QED) is 0.753. The predicted molar refractivity (Wildman–Crippen MR) is 52.1 cm³/mol. The van der Waals surface area contributed by atoms with Crippen LogP contribution in [-0.4, -0.2) is 43.1 Å². The van der Waals surface area contributed by atoms with E-state index in [1.807, 2.05) is 19.0 Å². The van der Waals surface area contributed by atoms with Crippen molar-refractivity contribution in [3.8, 4) is 0 Å². The Balaban J connectivity index is 2.40. The number of amides is 1. The number of nitrogens with zero attached hydrogens (tertiary/aromatic N) is 2. The third kappa shape index (κ3) is 2.85. The lowest BCUT2D eigenvalue weighted by molar-refractivity contribution is 0.0949. The van der Waals surface area contributed by atoms with Crippen LogP contribution in [0.3, 0.4) is 0 Å². The second-order valence-corrected chi connectivity index (χ2v) is 3.35. The molecule has 0 fully saturated rings. The minimum absolute atomic E-state index is 0.134. The molecule has 1 aromatic heterocycles. The monoisotopic (exact) mass is 197 g/mol. The van der Waals surface area contributed by atoms with Crippen molar-refractivity contribution >= 4 is 5.91 Å². The van der Waals surface area contributed by atoms with E-state index in [4.69, 9.17) is 4.52 Å². The van der Waals surface area contributed by atoms with Crippen molar-refractivity contribution < 1.29 is 9.32 Å². The average molecular weight is 197 g/mol. The lowest BCUT2D eigenvalue weighted by atomic mass is 10.2. The van der Waals surface area contributed by atoms with E-state index in [-0.39, 0.29) is 5.91 Å². The Labute approximate surface area is 83.1 Å². The Morgan fingerprint density at radius 1 is 1.64 bits per heavy atom. The third-order valence-electron chi connectivity index (χ3n) is 1.84. The first-order valence-electron chi connectivity index (χ1n) is 4.45. The highest BCUT2D eigenvalue weighted by Gasteiger charge is 2.11. The van der Waals surface area contributed by atoms with E-state index in [9.17, 15) is 4.79 Å². The molecule has 1 rings (SSSR count). The van der Waals surface area contributed by atoms with Crippen LogP contribution >= 0.6 is 0 Å². The van der Waals surface area contributed by atoms with E-state index in [0.29, 0.717) is 17.9 Å². The minimum atomic E-state index is -0.134. The molecule has 0 atom stereocenters. The van der Waals surface area contributed by atoms with Crippen LogP contribution in [0.15, 0.2) is 10.7 Å². The van der Waals surface area contributed by atoms with Crippen molar-refractivity contribution in [1.29, 1.82) is 0 Å². The zero-order chi connectivity index (χ0) is 10.6. The van der Waals surface area contributed by atoms with Gasteiger partial charge in [0.05, 0.1) is 6.20 Å². The number of carbonyl (C=O) groups is 1. The summed E-state index contributed by atoms with van der Waals surface area (Å²) in [6, 6.07) is 0. The van der Waals surface area contributed by atoms with Crippen molar-refractivity contribution in [3.05, 3.63) is 17.5 Å². The lowest BCUT2D eigenvalue weighted by Crippen LogP contribution is -2.31. The van der Waals surface area contributed by atoms with Crippen LogP contribution in [0.1, 0.15) is 16.1 Å². The van der Waals surface area contributed by atoms with Crippen molar-refractivity contribution in [3.63, 3.8) is 0 Å². The van der Waals surface area contributed by atoms with Crippen LogP contribution in [0.25, 0.3) is 0 Å². The molecule has 0 aliphatic rings. The number of hydrogen-bond acceptors (Lipinski definition) is 4. The van der Waals surface area contributed by atoms with Crippen LogP contribution in [-0.2, 0) is 0 Å². The molecule has 0 aromatic carbocycles. The highest BCUT2D eigenvalue weighted by molar-refractivity contribution is 5.94. The Morgan fingerprint density at radius 2 is 2.36 bits per heavy atom. The third-order valence-corrected chi connectivity index (χ3v) is 1.84. The van der Waals surface area contributed by atoms with E-state index < -0.39 is 0 Å². The standard InChI is InChI=1S/C9H15N3O2/c1-7-8(6-11-14-7)9(13)10-4-5-12(2)3/h6H,4-5H2,1-3H3,(H,10,13). The summed E-state index contributed by atoms with van der Waals surface area (Å²) in [7, 11) is 3.91. The molecule has 5 heteroatoms. The summed E-state index contributed by atoms with van der Waals surface area (Å²) in [5.74, 6) is 0.415. The molecule has 78 valence electrons. The molecule has 1 aromatic rings. The SMILES string of the molecule is Cc1oncc1C(=O)NCCN(C)C. The molecule has 5 nitrogen and oxygen atoms in total. The predicted octanol–water partition coefficient (Wildman–Crippen LogP) is 0.274. The van der Waals surface area contributed by atoms with Gasteiger partial charge < -0.3 is 14.7 Å². The number of rotatable bonds is 4. The highest BCUT2D eigenvalue weighted by atomic mass is 16.5. The van der Waals surface area contributed by atoms with Gasteiger partial charge in [-0.25, -0.2) is 0 Å². The fourth-order valence-corrected chi connectivity index (χ4v) is 1.00. The topological polar surface area (TPSA) is 58.4 Å². The maximum Gasteiger partial charge on any atom is 0.256 e. The molecule has 0 spiro atoms. The summed E-state index contributed by atoms with van der Waals surface area (Å²) in [4.78, 5) is 13.5. The summed E-state index contributed by atoms with van der Waals surface area (Å²) in [5.41, 5.74) is 0.503. The molecule has 1 N–H and O–H groups in total. The van der Waals surface area contributed by atoms with Gasteiger partial charge in [0.2, 0.25) is 0 Å². The largest absolute Gasteiger partial charge is 0.361 e. The Bertz CT molecular complexity index is 307. The number of carbonyl (C=O) groups excluding carboxylic acids is 1. The fraction of sp³-hybridized carbons (Fsp3) is 0.556. The first-order valence-corrected chi connectivity index (χ1v) is 4.45. The number of nitrogens with one attached hydrogen (secondary N) is 1. The molecule has 0 aliphatic heterocycles. The van der Waals surface area contributed by atoms with E-state index in [0.717, 1.165) is 6.54 Å². The summed E-state index contributed by atoms with van der Waals surface area (Å²) in [5, 5.41) is 6.32. The second kappa shape index (κ2) is 4.76. The van der Waals surface area contributed by atoms with Gasteiger partial charge in [0.25, 0.3) is 5.91 Å². The van der Waals surface area contributed by atoms with Gasteiger partial charge >= 0.3 is 0 Å². The van der Waals surface area contributed by atoms with Crippen LogP contribution in [0.5, 0.6) is 0 Å². The maximum atomic E-state index is 11.5. The summed E-state index contributed by atoms with van der Waals surface area (Å²) < 4.78 is 4.79. The maximum absolute atomic E-state index is 11.5. The number of aromatic nitrogens is 1. The number of likely N-dealkylation sites (N-methyl/N-ethyl adjacent to an activating group) is 1. The molecule has 0 saturated carbocycles. The number of aryl methyl sites for hydroxylation is 1. The van der Waals surface area contributed by atoms with Gasteiger partial charge in [-0.15, -0.1) is 0 Å². The Kier molecular flexibility index (Phi) is 3.64. The fourth-order valence-electron chi connectivity index (χ4n) is 1.00. The smallest absolute Gasteiger partial charge is 0.256 e. The molecule has 1 heterocycles. The van der Waals surface area contributed by atoms with Gasteiger partial charge in [-0.2, -0.15) is 0 Å². The van der Waals surface area contributed by atoms with Crippen LogP contribution < -0.4 is 5.32 Å². The lowest BCUT2D eigenvalue weighted by Gasteiger charge is -2.09. The molecule has 0 saturated heterocycles. The van der Waals surface area contributed by atoms with Gasteiger partial charge in [-0.1, -0.05) is 5.16 Å². The van der Waals surface area contributed by atoms with Crippen molar-refractivity contribution in [1.82, 2.24) is 15.4 Å². The minimum Gasteiger partial charge on any atom is -0.361 e. The van der Waals surface area contributed by atoms with Crippen LogP contribution in [0.2, 0.25) is 0 Å². The van der Waals surface area contributed by atoms with E-state index in [2.05, 4.69) is 10.5 Å². The second-order valence-electron chi connectivity index (χ2n) is 3.35. The van der Waals surface area contributed by atoms with Gasteiger partial charge in [-0.05, 0) is 21.0 Å². The van der Waals surface area contributed by atoms with Gasteiger partial charge in [-0.3, -0.25) is 4.79 Å². The van der Waals surface area contributed by atoms with E-state index in [1.54, 1.807) is 6.92 Å². The molecule has 0 bridgehead atoms. The molecule has 1 amide bonds. The Morgan fingerprint density at radius 3 is 2.86 bits per heavy atom. The van der Waals surface area contributed by atoms with Crippen molar-refractivity contribution in [2.24, 2.45) is 0 Å². The summed E-state index contributed by atoms with van der Waals surface area (Å²) >= 11 is 0. The van der Waals surface area contributed by atoms with E-state index >= 15 is 0 Å². The molecule has 14 heavy (non-hydrogen) atoms. The zero-order valence-electron chi connectivity index (χ0n) is 8.70. The molecular weight excluding hydrogens is 182 g/mol. The first kappa shape index (κ1) is 10.7. The van der Waals surface area contributed by atoms with Crippen molar-refractivity contribution in [2.45, 2.75) is 6.92 Å². The number of hydrogen-bond donors (Lipinski definition) is 1. The van der Waals surface area contributed by atoms with E-state index in [1.165, 1.54) is 6.20 Å². The zero-order valence-corrected chi connectivity index (χ0v) is 8.70. The molecule has 0 radical (unpaired) electrons. The average Bonchev–Trinajstić information content (AvgIpc) is 2.50. The summed E-state index contributed by atoms with van der Waals surface area (Å²) in [6.07, 6.45) is 1.43. The van der Waals surface area contributed by atoms with Crippen LogP contribution in [0, 0.1) is 6.92 Å². The van der Waals surface area contributed by atoms with Crippen molar-refractivity contribution in [2.75, 3.05) is 27.2 Å². The van der Waals surface area contributed by atoms with Crippen LogP contribution in [0.4, 0.5) is 0 Å². The Hall–Kier alpha value is -1.36. The molecular formula is C9H15N3O2. The van der Waals surface area contributed by atoms with Gasteiger partial charge in [0.1, 0.15) is 11.3 Å². The molecule has 0 unspecified atom stereocenters. The van der Waals surface area contributed by atoms with Gasteiger partial charge in [0.15, 0.2) is 0 Å². The highest BCUT2D eigenvalue weighted by Crippen LogP contribution is 2.04.